The number of piperidine rings is 2. The molecule has 0 spiro atoms. The number of thiophene rings is 1. The van der Waals surface area contributed by atoms with Gasteiger partial charge in [0.25, 0.3) is 0 Å². The summed E-state index contributed by atoms with van der Waals surface area (Å²) in [5, 5.41) is 0. The van der Waals surface area contributed by atoms with Crippen LogP contribution in [0, 0.1) is 17.3 Å². The van der Waals surface area contributed by atoms with Crippen molar-refractivity contribution in [2.24, 2.45) is 17.3 Å². The Bertz CT molecular complexity index is 1750. The number of amides is 2. The average molecular weight is 611 g/mol. The highest BCUT2D eigenvalue weighted by atomic mass is 32.1. The van der Waals surface area contributed by atoms with Gasteiger partial charge in [-0.1, -0.05) is 44.2 Å². The van der Waals surface area contributed by atoms with Gasteiger partial charge >= 0.3 is 5.97 Å². The summed E-state index contributed by atoms with van der Waals surface area (Å²) < 4.78 is 13.0. The second-order valence-electron chi connectivity index (χ2n) is 12.6. The zero-order chi connectivity index (χ0) is 30.6. The van der Waals surface area contributed by atoms with Crippen LogP contribution in [0.2, 0.25) is 0 Å². The molecule has 3 aromatic heterocycles. The lowest BCUT2D eigenvalue weighted by Gasteiger charge is -2.30. The molecule has 2 amide bonds. The van der Waals surface area contributed by atoms with Crippen LogP contribution in [0.4, 0.5) is 0 Å². The Morgan fingerprint density at radius 3 is 2.57 bits per heavy atom. The van der Waals surface area contributed by atoms with Crippen LogP contribution in [0.25, 0.3) is 21.3 Å². The summed E-state index contributed by atoms with van der Waals surface area (Å²) in [7, 11) is 2.08. The molecule has 0 bridgehead atoms. The number of imide groups is 1. The zero-order valence-corrected chi connectivity index (χ0v) is 25.8. The molecule has 0 radical (unpaired) electrons. The van der Waals surface area contributed by atoms with Crippen molar-refractivity contribution < 1.29 is 23.9 Å². The predicted molar refractivity (Wildman–Crippen MR) is 166 cm³/mol. The third-order valence-corrected chi connectivity index (χ3v) is 10.3. The van der Waals surface area contributed by atoms with Crippen molar-refractivity contribution in [2.75, 3.05) is 20.1 Å². The van der Waals surface area contributed by atoms with Crippen molar-refractivity contribution in [1.82, 2.24) is 19.8 Å². The smallest absolute Gasteiger partial charge is 0.340 e. The zero-order valence-electron chi connectivity index (χ0n) is 25.0. The fraction of sp³-hybridized carbons (Fsp3) is 0.382. The Morgan fingerprint density at radius 1 is 1.05 bits per heavy atom. The van der Waals surface area contributed by atoms with Gasteiger partial charge < -0.3 is 14.4 Å². The first-order valence-electron chi connectivity index (χ1n) is 15.0. The SMILES string of the molecule is CN1CCC[C@H](Oc2ncc(C(=O)OCc3ccccc3)cc2-c2ccnc3cc(CN4C(=O)C5C(C4=O)C5(C)C)sc23)C1. The van der Waals surface area contributed by atoms with Crippen LogP contribution in [-0.4, -0.2) is 63.8 Å². The third kappa shape index (κ3) is 5.16. The van der Waals surface area contributed by atoms with Crippen molar-refractivity contribution in [2.45, 2.75) is 45.9 Å². The van der Waals surface area contributed by atoms with Crippen molar-refractivity contribution in [3.05, 3.63) is 76.9 Å². The standard InChI is InChI=1S/C34H34N4O5S/c1-34(2)27-28(34)32(40)38(31(27)39)18-23-15-26-29(44-23)24(11-12-35-26)25-14-21(33(41)42-19-20-8-5-4-6-9-20)16-36-30(25)43-22-10-7-13-37(3)17-22/h4-6,8-9,11-12,14-16,22,27-28H,7,10,13,17-19H2,1-3H3/t22-,27?,28?/m0/s1. The molecule has 2 unspecified atom stereocenters. The summed E-state index contributed by atoms with van der Waals surface area (Å²) in [5.41, 5.74) is 3.20. The lowest BCUT2D eigenvalue weighted by molar-refractivity contribution is -0.143. The van der Waals surface area contributed by atoms with Gasteiger partial charge in [-0.2, -0.15) is 0 Å². The molecule has 5 heterocycles. The highest BCUT2D eigenvalue weighted by Crippen LogP contribution is 2.63. The number of nitrogens with zero attached hydrogens (tertiary/aromatic N) is 4. The van der Waals surface area contributed by atoms with Crippen molar-refractivity contribution in [3.8, 4) is 17.0 Å². The monoisotopic (exact) mass is 610 g/mol. The van der Waals surface area contributed by atoms with Gasteiger partial charge in [-0.3, -0.25) is 19.5 Å². The summed E-state index contributed by atoms with van der Waals surface area (Å²) >= 11 is 1.49. The van der Waals surface area contributed by atoms with Gasteiger partial charge in [-0.15, -0.1) is 11.3 Å². The van der Waals surface area contributed by atoms with E-state index < -0.39 is 5.97 Å². The van der Waals surface area contributed by atoms with Crippen molar-refractivity contribution in [3.63, 3.8) is 0 Å². The van der Waals surface area contributed by atoms with E-state index in [4.69, 9.17) is 9.47 Å². The van der Waals surface area contributed by atoms with Crippen LogP contribution < -0.4 is 4.74 Å². The maximum atomic E-state index is 13.2. The van der Waals surface area contributed by atoms with E-state index in [9.17, 15) is 14.4 Å². The van der Waals surface area contributed by atoms with Crippen LogP contribution in [0.15, 0.2) is 60.9 Å². The maximum Gasteiger partial charge on any atom is 0.340 e. The fourth-order valence-corrected chi connectivity index (χ4v) is 7.75. The number of likely N-dealkylation sites (tertiary alicyclic amines) is 2. The van der Waals surface area contributed by atoms with Gasteiger partial charge in [0, 0.05) is 34.9 Å². The molecule has 7 rings (SSSR count). The Hall–Kier alpha value is -4.15. The van der Waals surface area contributed by atoms with Crippen LogP contribution >= 0.6 is 11.3 Å². The molecule has 1 aliphatic carbocycles. The van der Waals surface area contributed by atoms with Gasteiger partial charge in [-0.05, 0) is 55.6 Å². The number of benzene rings is 1. The Kier molecular flexibility index (Phi) is 7.21. The quantitative estimate of drug-likeness (QED) is 0.195. The van der Waals surface area contributed by atoms with Crippen LogP contribution in [0.1, 0.15) is 47.5 Å². The van der Waals surface area contributed by atoms with Gasteiger partial charge in [0.15, 0.2) is 0 Å². The number of rotatable bonds is 8. The largest absolute Gasteiger partial charge is 0.473 e. The molecule has 3 atom stereocenters. The highest BCUT2D eigenvalue weighted by Gasteiger charge is 2.72. The summed E-state index contributed by atoms with van der Waals surface area (Å²) in [6.45, 7) is 6.15. The van der Waals surface area contributed by atoms with Crippen LogP contribution in [-0.2, 0) is 27.5 Å². The van der Waals surface area contributed by atoms with Crippen LogP contribution in [0.3, 0.4) is 0 Å². The first-order valence-corrected chi connectivity index (χ1v) is 15.8. The molecule has 226 valence electrons. The minimum absolute atomic E-state index is 0.0324. The number of hydrogen-bond acceptors (Lipinski definition) is 9. The van der Waals surface area contributed by atoms with Gasteiger partial charge in [0.2, 0.25) is 17.7 Å². The van der Waals surface area contributed by atoms with Crippen LogP contribution in [0.5, 0.6) is 5.88 Å². The molecule has 44 heavy (non-hydrogen) atoms. The molecular formula is C34H34N4O5S. The number of esters is 1. The molecule has 3 fully saturated rings. The number of carbonyl (C=O) groups excluding carboxylic acids is 3. The minimum Gasteiger partial charge on any atom is -0.473 e. The van der Waals surface area contributed by atoms with Gasteiger partial charge in [0.1, 0.15) is 12.7 Å². The molecule has 2 aliphatic heterocycles. The number of aromatic nitrogens is 2. The second kappa shape index (κ2) is 11.1. The Morgan fingerprint density at radius 2 is 1.82 bits per heavy atom. The van der Waals surface area contributed by atoms with E-state index >= 15 is 0 Å². The lowest BCUT2D eigenvalue weighted by Crippen LogP contribution is -2.38. The second-order valence-corrected chi connectivity index (χ2v) is 13.7. The molecule has 3 aliphatic rings. The summed E-state index contributed by atoms with van der Waals surface area (Å²) in [4.78, 5) is 52.9. The molecule has 9 nitrogen and oxygen atoms in total. The number of hydrogen-bond donors (Lipinski definition) is 0. The molecule has 1 aromatic carbocycles. The number of likely N-dealkylation sites (N-methyl/N-ethyl adjacent to an activating group) is 1. The number of ether oxygens (including phenoxy) is 2. The summed E-state index contributed by atoms with van der Waals surface area (Å²) in [6, 6.07) is 15.1. The van der Waals surface area contributed by atoms with Gasteiger partial charge in [-0.25, -0.2) is 9.78 Å². The molecule has 4 aromatic rings. The first-order chi connectivity index (χ1) is 21.2. The molecule has 1 saturated carbocycles. The number of fused-ring (bicyclic) bond motifs is 2. The lowest BCUT2D eigenvalue weighted by atomic mass is 10.0. The van der Waals surface area contributed by atoms with E-state index in [0.717, 1.165) is 52.2 Å². The average Bonchev–Trinajstić information content (AvgIpc) is 3.24. The van der Waals surface area contributed by atoms with E-state index in [1.807, 2.05) is 56.3 Å². The highest BCUT2D eigenvalue weighted by molar-refractivity contribution is 7.19. The third-order valence-electron chi connectivity index (χ3n) is 9.12. The van der Waals surface area contributed by atoms with E-state index in [2.05, 4.69) is 21.9 Å². The van der Waals surface area contributed by atoms with Crippen molar-refractivity contribution in [1.29, 1.82) is 0 Å². The van der Waals surface area contributed by atoms with Crippen molar-refractivity contribution >= 4 is 39.3 Å². The summed E-state index contributed by atoms with van der Waals surface area (Å²) in [6.07, 6.45) is 5.14. The normalized spacial score (nSPS) is 22.7. The first kappa shape index (κ1) is 28.6. The fourth-order valence-electron chi connectivity index (χ4n) is 6.62. The van der Waals surface area contributed by atoms with E-state index in [1.165, 1.54) is 22.4 Å². The topological polar surface area (TPSA) is 102 Å². The Balaban J connectivity index is 1.21. The molecular weight excluding hydrogens is 576 g/mol. The molecule has 2 saturated heterocycles. The number of carbonyl (C=O) groups is 3. The maximum absolute atomic E-state index is 13.2. The Labute approximate surface area is 259 Å². The molecule has 10 heteroatoms. The van der Waals surface area contributed by atoms with E-state index in [-0.39, 0.29) is 48.3 Å². The van der Waals surface area contributed by atoms with E-state index in [1.54, 1.807) is 12.3 Å². The predicted octanol–water partition coefficient (Wildman–Crippen LogP) is 5.33. The molecule has 0 N–H and O–H groups in total. The number of pyridine rings is 2. The van der Waals surface area contributed by atoms with E-state index in [0.29, 0.717) is 17.0 Å². The summed E-state index contributed by atoms with van der Waals surface area (Å²) in [5.74, 6) is -0.639. The minimum atomic E-state index is -0.476. The van der Waals surface area contributed by atoms with Gasteiger partial charge in [0.05, 0.1) is 34.2 Å².